The predicted molar refractivity (Wildman–Crippen MR) is 76.5 cm³/mol. The molecule has 0 aliphatic heterocycles. The van der Waals surface area contributed by atoms with Gasteiger partial charge in [0.15, 0.2) is 0 Å². The van der Waals surface area contributed by atoms with Crippen LogP contribution in [0.5, 0.6) is 5.75 Å². The molecular weight excluding hydrogens is 243 g/mol. The molecule has 0 amide bonds. The molecule has 0 spiro atoms. The molecule has 4 nitrogen and oxygen atoms in total. The third-order valence-electron chi connectivity index (χ3n) is 3.02. The number of hydrogen-bond donors (Lipinski definition) is 2. The highest BCUT2D eigenvalue weighted by molar-refractivity contribution is 6.59. The molecule has 0 aliphatic carbocycles. The predicted octanol–water partition coefficient (Wildman–Crippen LogP) is 1.33. The Morgan fingerprint density at radius 3 is 2.63 bits per heavy atom. The zero-order valence-electron chi connectivity index (χ0n) is 11.9. The van der Waals surface area contributed by atoms with Crippen LogP contribution in [0.3, 0.4) is 0 Å². The van der Waals surface area contributed by atoms with Gasteiger partial charge in [-0.3, -0.25) is 0 Å². The van der Waals surface area contributed by atoms with Gasteiger partial charge in [-0.25, -0.2) is 0 Å². The van der Waals surface area contributed by atoms with E-state index in [0.29, 0.717) is 23.7 Å². The number of rotatable bonds is 8. The van der Waals surface area contributed by atoms with E-state index in [2.05, 4.69) is 13.8 Å². The lowest BCUT2D eigenvalue weighted by atomic mass is 9.79. The summed E-state index contributed by atoms with van der Waals surface area (Å²) in [5.41, 5.74) is 1.28. The summed E-state index contributed by atoms with van der Waals surface area (Å²) < 4.78 is 10.7. The second-order valence-corrected chi connectivity index (χ2v) is 4.86. The van der Waals surface area contributed by atoms with Gasteiger partial charge in [-0.15, -0.1) is 0 Å². The molecule has 0 aromatic heterocycles. The van der Waals surface area contributed by atoms with E-state index in [0.717, 1.165) is 25.0 Å². The molecule has 1 aromatic carbocycles. The molecule has 0 saturated heterocycles. The van der Waals surface area contributed by atoms with Crippen molar-refractivity contribution in [3.05, 3.63) is 23.8 Å². The lowest BCUT2D eigenvalue weighted by Gasteiger charge is -2.13. The second-order valence-electron chi connectivity index (χ2n) is 4.86. The van der Waals surface area contributed by atoms with Crippen molar-refractivity contribution in [1.29, 1.82) is 0 Å². The lowest BCUT2D eigenvalue weighted by molar-refractivity contribution is 0.0893. The summed E-state index contributed by atoms with van der Waals surface area (Å²) in [7, 11) is -0.0296. The third kappa shape index (κ3) is 5.23. The third-order valence-corrected chi connectivity index (χ3v) is 3.02. The first kappa shape index (κ1) is 16.0. The van der Waals surface area contributed by atoms with E-state index in [1.807, 2.05) is 6.07 Å². The van der Waals surface area contributed by atoms with E-state index in [1.54, 1.807) is 12.1 Å². The fourth-order valence-electron chi connectivity index (χ4n) is 2.03. The van der Waals surface area contributed by atoms with Crippen molar-refractivity contribution >= 4 is 12.6 Å². The van der Waals surface area contributed by atoms with Gasteiger partial charge in [0.2, 0.25) is 0 Å². The summed E-state index contributed by atoms with van der Waals surface area (Å²) >= 11 is 0. The lowest BCUT2D eigenvalue weighted by Crippen LogP contribution is -2.31. The molecular formula is C14H23BO4. The molecule has 0 aliphatic rings. The average Bonchev–Trinajstić information content (AvgIpc) is 2.38. The highest BCUT2D eigenvalue weighted by Crippen LogP contribution is 2.12. The van der Waals surface area contributed by atoms with Gasteiger partial charge in [-0.1, -0.05) is 32.4 Å². The van der Waals surface area contributed by atoms with E-state index in [-0.39, 0.29) is 0 Å². The molecule has 5 heteroatoms. The van der Waals surface area contributed by atoms with Crippen molar-refractivity contribution in [1.82, 2.24) is 0 Å². The summed E-state index contributed by atoms with van der Waals surface area (Å²) in [6, 6.07) is 5.30. The van der Waals surface area contributed by atoms with Crippen LogP contribution in [0.4, 0.5) is 0 Å². The van der Waals surface area contributed by atoms with Gasteiger partial charge < -0.3 is 19.5 Å². The first-order chi connectivity index (χ1) is 9.08. The standard InChI is InChI=1S/C14H23BO4/c1-4-5-11(2)9-19-10-12-6-7-14(18-3)13(8-12)15(16)17/h6-8,11,16-17H,4-5,9-10H2,1-3H3. The number of benzene rings is 1. The molecule has 0 heterocycles. The molecule has 2 N–H and O–H groups in total. The van der Waals surface area contributed by atoms with E-state index in [9.17, 15) is 10.0 Å². The summed E-state index contributed by atoms with van der Waals surface area (Å²) in [6.45, 7) is 5.52. The first-order valence-corrected chi connectivity index (χ1v) is 6.69. The van der Waals surface area contributed by atoms with Gasteiger partial charge in [0, 0.05) is 12.1 Å². The molecule has 0 fully saturated rings. The van der Waals surface area contributed by atoms with Crippen LogP contribution in [0.1, 0.15) is 32.3 Å². The SMILES string of the molecule is CCCC(C)COCc1ccc(OC)c(B(O)O)c1. The topological polar surface area (TPSA) is 58.9 Å². The second kappa shape index (κ2) is 8.20. The first-order valence-electron chi connectivity index (χ1n) is 6.69. The van der Waals surface area contributed by atoms with Crippen LogP contribution < -0.4 is 10.2 Å². The molecule has 0 bridgehead atoms. The van der Waals surface area contributed by atoms with E-state index < -0.39 is 7.12 Å². The smallest absolute Gasteiger partial charge is 0.492 e. The maximum atomic E-state index is 9.28. The van der Waals surface area contributed by atoms with Crippen molar-refractivity contribution in [2.24, 2.45) is 5.92 Å². The minimum atomic E-state index is -1.53. The van der Waals surface area contributed by atoms with Gasteiger partial charge in [-0.2, -0.15) is 0 Å². The van der Waals surface area contributed by atoms with Gasteiger partial charge >= 0.3 is 7.12 Å². The molecule has 106 valence electrons. The highest BCUT2D eigenvalue weighted by atomic mass is 16.5. The van der Waals surface area contributed by atoms with Gasteiger partial charge in [0.25, 0.3) is 0 Å². The minimum Gasteiger partial charge on any atom is -0.497 e. The van der Waals surface area contributed by atoms with Crippen LogP contribution >= 0.6 is 0 Å². The van der Waals surface area contributed by atoms with Gasteiger partial charge in [0.05, 0.1) is 13.7 Å². The molecule has 1 unspecified atom stereocenters. The number of ether oxygens (including phenoxy) is 2. The van der Waals surface area contributed by atoms with Crippen LogP contribution in [0, 0.1) is 5.92 Å². The molecule has 1 aromatic rings. The molecule has 0 saturated carbocycles. The Bertz CT molecular complexity index is 382. The zero-order valence-corrected chi connectivity index (χ0v) is 11.9. The molecule has 19 heavy (non-hydrogen) atoms. The Kier molecular flexibility index (Phi) is 6.91. The number of hydrogen-bond acceptors (Lipinski definition) is 4. The quantitative estimate of drug-likeness (QED) is 0.697. The van der Waals surface area contributed by atoms with E-state index in [1.165, 1.54) is 7.11 Å². The summed E-state index contributed by atoms with van der Waals surface area (Å²) in [6.07, 6.45) is 2.32. The Hall–Kier alpha value is -1.04. The summed E-state index contributed by atoms with van der Waals surface area (Å²) in [4.78, 5) is 0. The Morgan fingerprint density at radius 1 is 1.32 bits per heavy atom. The molecule has 1 atom stereocenters. The van der Waals surface area contributed by atoms with E-state index in [4.69, 9.17) is 9.47 Å². The Balaban J connectivity index is 2.57. The normalized spacial score (nSPS) is 12.3. The van der Waals surface area contributed by atoms with Crippen LogP contribution in [0.25, 0.3) is 0 Å². The largest absolute Gasteiger partial charge is 0.497 e. The molecule has 0 radical (unpaired) electrons. The number of methoxy groups -OCH3 is 1. The average molecular weight is 266 g/mol. The van der Waals surface area contributed by atoms with Gasteiger partial charge in [-0.05, 0) is 24.0 Å². The Morgan fingerprint density at radius 2 is 2.05 bits per heavy atom. The van der Waals surface area contributed by atoms with Crippen molar-refractivity contribution in [2.45, 2.75) is 33.3 Å². The maximum Gasteiger partial charge on any atom is 0.492 e. The zero-order chi connectivity index (χ0) is 14.3. The van der Waals surface area contributed by atoms with Crippen molar-refractivity contribution < 1.29 is 19.5 Å². The highest BCUT2D eigenvalue weighted by Gasteiger charge is 2.17. The minimum absolute atomic E-state index is 0.366. The molecule has 1 rings (SSSR count). The van der Waals surface area contributed by atoms with Crippen LogP contribution in [0.2, 0.25) is 0 Å². The summed E-state index contributed by atoms with van der Waals surface area (Å²) in [5.74, 6) is 1.02. The fourth-order valence-corrected chi connectivity index (χ4v) is 2.03. The van der Waals surface area contributed by atoms with Crippen LogP contribution in [-0.2, 0) is 11.3 Å². The van der Waals surface area contributed by atoms with Crippen LogP contribution in [-0.4, -0.2) is 30.9 Å². The Labute approximate surface area is 115 Å². The monoisotopic (exact) mass is 266 g/mol. The van der Waals surface area contributed by atoms with Crippen molar-refractivity contribution in [3.8, 4) is 5.75 Å². The maximum absolute atomic E-state index is 9.28. The van der Waals surface area contributed by atoms with Crippen molar-refractivity contribution in [3.63, 3.8) is 0 Å². The van der Waals surface area contributed by atoms with Gasteiger partial charge in [0.1, 0.15) is 5.75 Å². The van der Waals surface area contributed by atoms with Crippen LogP contribution in [0.15, 0.2) is 18.2 Å². The summed E-state index contributed by atoms with van der Waals surface area (Å²) in [5, 5.41) is 18.6. The van der Waals surface area contributed by atoms with E-state index >= 15 is 0 Å². The fraction of sp³-hybridized carbons (Fsp3) is 0.571. The van der Waals surface area contributed by atoms with Crippen molar-refractivity contribution in [2.75, 3.05) is 13.7 Å².